The zero-order valence-corrected chi connectivity index (χ0v) is 11.7. The topological polar surface area (TPSA) is 35.8 Å². The molecule has 5 heteroatoms. The molecule has 110 valence electrons. The number of hydrogen-bond acceptors (Lipinski definition) is 2. The molecule has 0 saturated heterocycles. The maximum atomic E-state index is 12.6. The molecule has 0 saturated carbocycles. The van der Waals surface area contributed by atoms with Crippen molar-refractivity contribution in [3.8, 4) is 6.07 Å². The number of nitrogens with zero attached hydrogens (tertiary/aromatic N) is 1. The third-order valence-electron chi connectivity index (χ3n) is 3.23. The molecule has 0 spiro atoms. The van der Waals surface area contributed by atoms with Gasteiger partial charge >= 0.3 is 6.18 Å². The molecule has 0 aromatic heterocycles. The molecule has 0 fully saturated rings. The van der Waals surface area contributed by atoms with Gasteiger partial charge in [0.25, 0.3) is 0 Å². The Hall–Kier alpha value is -1.70. The minimum atomic E-state index is -4.42. The van der Waals surface area contributed by atoms with Crippen molar-refractivity contribution in [2.24, 2.45) is 0 Å². The van der Waals surface area contributed by atoms with Gasteiger partial charge < -0.3 is 5.32 Å². The van der Waals surface area contributed by atoms with E-state index in [-0.39, 0.29) is 11.6 Å². The van der Waals surface area contributed by atoms with Crippen molar-refractivity contribution in [2.75, 3.05) is 5.32 Å². The minimum absolute atomic E-state index is 0.0368. The van der Waals surface area contributed by atoms with Crippen molar-refractivity contribution in [3.63, 3.8) is 0 Å². The molecule has 0 amide bonds. The third-order valence-corrected chi connectivity index (χ3v) is 3.23. The number of unbranched alkanes of at least 4 members (excludes halogenated alkanes) is 1. The van der Waals surface area contributed by atoms with Crippen LogP contribution in [0.25, 0.3) is 0 Å². The average molecular weight is 284 g/mol. The second kappa shape index (κ2) is 7.18. The van der Waals surface area contributed by atoms with Crippen LogP contribution >= 0.6 is 0 Å². The summed E-state index contributed by atoms with van der Waals surface area (Å²) in [5.41, 5.74) is -0.278. The van der Waals surface area contributed by atoms with Crippen LogP contribution in [0.4, 0.5) is 18.9 Å². The first-order valence-corrected chi connectivity index (χ1v) is 6.80. The molecule has 20 heavy (non-hydrogen) atoms. The summed E-state index contributed by atoms with van der Waals surface area (Å²) in [5, 5.41) is 12.2. The number of nitriles is 1. The van der Waals surface area contributed by atoms with Gasteiger partial charge in [-0.2, -0.15) is 18.4 Å². The quantitative estimate of drug-likeness (QED) is 0.801. The van der Waals surface area contributed by atoms with E-state index in [0.717, 1.165) is 37.8 Å². The number of anilines is 1. The molecule has 2 nitrogen and oxygen atoms in total. The van der Waals surface area contributed by atoms with Crippen molar-refractivity contribution >= 4 is 5.69 Å². The standard InChI is InChI=1S/C15H19F3N2/c1-3-5-6-13(4-2)20-14-8-7-12(15(16,17)18)9-11(14)10-19/h7-9,13,20H,3-6H2,1-2H3. The van der Waals surface area contributed by atoms with Crippen LogP contribution in [0, 0.1) is 11.3 Å². The summed E-state index contributed by atoms with van der Waals surface area (Å²) in [6, 6.07) is 5.26. The predicted octanol–water partition coefficient (Wildman–Crippen LogP) is 4.96. The van der Waals surface area contributed by atoms with E-state index >= 15 is 0 Å². The van der Waals surface area contributed by atoms with Crippen molar-refractivity contribution in [3.05, 3.63) is 29.3 Å². The van der Waals surface area contributed by atoms with E-state index in [9.17, 15) is 13.2 Å². The van der Waals surface area contributed by atoms with Crippen molar-refractivity contribution in [1.29, 1.82) is 5.26 Å². The summed E-state index contributed by atoms with van der Waals surface area (Å²) < 4.78 is 37.8. The molecule has 1 N–H and O–H groups in total. The van der Waals surface area contributed by atoms with Crippen LogP contribution in [-0.4, -0.2) is 6.04 Å². The summed E-state index contributed by atoms with van der Waals surface area (Å²) in [4.78, 5) is 0. The Morgan fingerprint density at radius 1 is 1.30 bits per heavy atom. The molecule has 0 aliphatic heterocycles. The second-order valence-corrected chi connectivity index (χ2v) is 4.76. The van der Waals surface area contributed by atoms with Crippen molar-refractivity contribution < 1.29 is 13.2 Å². The molecular formula is C15H19F3N2. The second-order valence-electron chi connectivity index (χ2n) is 4.76. The highest BCUT2D eigenvalue weighted by molar-refractivity contribution is 5.59. The average Bonchev–Trinajstić information content (AvgIpc) is 2.42. The van der Waals surface area contributed by atoms with E-state index in [4.69, 9.17) is 5.26 Å². The Bertz CT molecular complexity index is 475. The van der Waals surface area contributed by atoms with Gasteiger partial charge in [0.1, 0.15) is 6.07 Å². The summed E-state index contributed by atoms with van der Waals surface area (Å²) in [7, 11) is 0. The van der Waals surface area contributed by atoms with Crippen LogP contribution in [0.1, 0.15) is 50.7 Å². The highest BCUT2D eigenvalue weighted by Crippen LogP contribution is 2.32. The first kappa shape index (κ1) is 16.4. The molecule has 0 aliphatic rings. The van der Waals surface area contributed by atoms with E-state index in [1.54, 1.807) is 0 Å². The third kappa shape index (κ3) is 4.44. The van der Waals surface area contributed by atoms with Crippen molar-refractivity contribution in [2.45, 2.75) is 51.7 Å². The molecule has 0 radical (unpaired) electrons. The summed E-state index contributed by atoms with van der Waals surface area (Å²) in [5.74, 6) is 0. The summed E-state index contributed by atoms with van der Waals surface area (Å²) in [6.45, 7) is 4.11. The number of halogens is 3. The number of hydrogen-bond donors (Lipinski definition) is 1. The maximum absolute atomic E-state index is 12.6. The normalized spacial score (nSPS) is 12.8. The van der Waals surface area contributed by atoms with Crippen LogP contribution in [-0.2, 0) is 6.18 Å². The van der Waals surface area contributed by atoms with Gasteiger partial charge in [0.05, 0.1) is 16.8 Å². The van der Waals surface area contributed by atoms with Gasteiger partial charge in [-0.05, 0) is 31.0 Å². The number of nitrogens with one attached hydrogen (secondary N) is 1. The lowest BCUT2D eigenvalue weighted by atomic mass is 10.0. The lowest BCUT2D eigenvalue weighted by Crippen LogP contribution is -2.19. The highest BCUT2D eigenvalue weighted by atomic mass is 19.4. The summed E-state index contributed by atoms with van der Waals surface area (Å²) >= 11 is 0. The molecule has 0 heterocycles. The maximum Gasteiger partial charge on any atom is 0.416 e. The minimum Gasteiger partial charge on any atom is -0.381 e. The van der Waals surface area contributed by atoms with Gasteiger partial charge in [0, 0.05) is 6.04 Å². The molecule has 1 atom stereocenters. The van der Waals surface area contributed by atoms with Crippen LogP contribution < -0.4 is 5.32 Å². The Labute approximate surface area is 117 Å². The van der Waals surface area contributed by atoms with E-state index < -0.39 is 11.7 Å². The number of alkyl halides is 3. The molecule has 0 aliphatic carbocycles. The largest absolute Gasteiger partial charge is 0.416 e. The van der Waals surface area contributed by atoms with Crippen LogP contribution in [0.15, 0.2) is 18.2 Å². The van der Waals surface area contributed by atoms with E-state index in [1.165, 1.54) is 6.07 Å². The highest BCUT2D eigenvalue weighted by Gasteiger charge is 2.31. The van der Waals surface area contributed by atoms with Gasteiger partial charge in [-0.1, -0.05) is 26.7 Å². The Morgan fingerprint density at radius 2 is 2.00 bits per heavy atom. The van der Waals surface area contributed by atoms with Gasteiger partial charge in [-0.25, -0.2) is 0 Å². The Morgan fingerprint density at radius 3 is 2.50 bits per heavy atom. The number of rotatable bonds is 6. The fourth-order valence-corrected chi connectivity index (χ4v) is 1.99. The zero-order chi connectivity index (χ0) is 15.2. The lowest BCUT2D eigenvalue weighted by Gasteiger charge is -2.19. The molecule has 0 bridgehead atoms. The fourth-order valence-electron chi connectivity index (χ4n) is 1.99. The predicted molar refractivity (Wildman–Crippen MR) is 73.4 cm³/mol. The number of benzene rings is 1. The van der Waals surface area contributed by atoms with Gasteiger partial charge in [0.15, 0.2) is 0 Å². The molecule has 1 aromatic carbocycles. The van der Waals surface area contributed by atoms with Crippen LogP contribution in [0.2, 0.25) is 0 Å². The lowest BCUT2D eigenvalue weighted by molar-refractivity contribution is -0.137. The van der Waals surface area contributed by atoms with E-state index in [1.807, 2.05) is 13.0 Å². The molecule has 1 unspecified atom stereocenters. The Kier molecular flexibility index (Phi) is 5.87. The smallest absolute Gasteiger partial charge is 0.381 e. The van der Waals surface area contributed by atoms with Gasteiger partial charge in [0.2, 0.25) is 0 Å². The monoisotopic (exact) mass is 284 g/mol. The first-order chi connectivity index (χ1) is 9.42. The van der Waals surface area contributed by atoms with Crippen molar-refractivity contribution in [1.82, 2.24) is 0 Å². The van der Waals surface area contributed by atoms with Gasteiger partial charge in [-0.3, -0.25) is 0 Å². The first-order valence-electron chi connectivity index (χ1n) is 6.80. The van der Waals surface area contributed by atoms with E-state index in [0.29, 0.717) is 5.69 Å². The SMILES string of the molecule is CCCCC(CC)Nc1ccc(C(F)(F)F)cc1C#N. The molecule has 1 aromatic rings. The van der Waals surface area contributed by atoms with Crippen LogP contribution in [0.3, 0.4) is 0 Å². The van der Waals surface area contributed by atoms with Gasteiger partial charge in [-0.15, -0.1) is 0 Å². The van der Waals surface area contributed by atoms with Crippen LogP contribution in [0.5, 0.6) is 0 Å². The van der Waals surface area contributed by atoms with E-state index in [2.05, 4.69) is 12.2 Å². The zero-order valence-electron chi connectivity index (χ0n) is 11.7. The molecule has 1 rings (SSSR count). The fraction of sp³-hybridized carbons (Fsp3) is 0.533. The molecular weight excluding hydrogens is 265 g/mol. The summed E-state index contributed by atoms with van der Waals surface area (Å²) in [6.07, 6.45) is -0.494. The Balaban J connectivity index is 2.93.